The topological polar surface area (TPSA) is 90.6 Å². The van der Waals surface area contributed by atoms with Crippen LogP contribution in [0.2, 0.25) is 0 Å². The van der Waals surface area contributed by atoms with Crippen molar-refractivity contribution in [2.45, 2.75) is 26.5 Å². The SMILES string of the molecule is Cc1cc(C(=O)COC(=O)c2cccc(C#N)c2)c(C)n1C[C@@H]1COc2ccccc2O1. The lowest BCUT2D eigenvalue weighted by molar-refractivity contribution is 0.0474. The molecule has 0 N–H and O–H groups in total. The average Bonchev–Trinajstić information content (AvgIpc) is 3.10. The Hall–Kier alpha value is -4.05. The summed E-state index contributed by atoms with van der Waals surface area (Å²) in [5.74, 6) is 0.494. The summed E-state index contributed by atoms with van der Waals surface area (Å²) >= 11 is 0. The predicted octanol–water partition coefficient (Wildman–Crippen LogP) is 3.86. The second-order valence-electron chi connectivity index (χ2n) is 7.58. The molecule has 2 aromatic carbocycles. The molecule has 7 heteroatoms. The van der Waals surface area contributed by atoms with Gasteiger partial charge in [0.15, 0.2) is 24.2 Å². The van der Waals surface area contributed by atoms with Gasteiger partial charge in [-0.15, -0.1) is 0 Å². The van der Waals surface area contributed by atoms with E-state index in [9.17, 15) is 9.59 Å². The van der Waals surface area contributed by atoms with Gasteiger partial charge in [0.2, 0.25) is 5.78 Å². The Labute approximate surface area is 185 Å². The molecule has 0 spiro atoms. The van der Waals surface area contributed by atoms with Crippen LogP contribution in [-0.4, -0.2) is 35.6 Å². The molecule has 0 amide bonds. The third-order valence-electron chi connectivity index (χ3n) is 5.39. The first-order valence-corrected chi connectivity index (χ1v) is 10.2. The molecule has 4 rings (SSSR count). The molecule has 0 aliphatic carbocycles. The van der Waals surface area contributed by atoms with Gasteiger partial charge in [0.05, 0.1) is 23.7 Å². The summed E-state index contributed by atoms with van der Waals surface area (Å²) in [5, 5.41) is 8.96. The van der Waals surface area contributed by atoms with Gasteiger partial charge in [-0.25, -0.2) is 4.79 Å². The number of aromatic nitrogens is 1. The van der Waals surface area contributed by atoms with Crippen LogP contribution in [0, 0.1) is 25.2 Å². The summed E-state index contributed by atoms with van der Waals surface area (Å²) in [6.45, 7) is 4.34. The van der Waals surface area contributed by atoms with Crippen LogP contribution in [-0.2, 0) is 11.3 Å². The second-order valence-corrected chi connectivity index (χ2v) is 7.58. The number of carbonyl (C=O) groups is 2. The van der Waals surface area contributed by atoms with E-state index in [1.807, 2.05) is 48.7 Å². The minimum Gasteiger partial charge on any atom is -0.486 e. The number of nitrogens with zero attached hydrogens (tertiary/aromatic N) is 2. The average molecular weight is 430 g/mol. The molecule has 0 unspecified atom stereocenters. The van der Waals surface area contributed by atoms with Crippen LogP contribution in [0.3, 0.4) is 0 Å². The highest BCUT2D eigenvalue weighted by atomic mass is 16.6. The highest BCUT2D eigenvalue weighted by molar-refractivity contribution is 6.00. The maximum absolute atomic E-state index is 12.7. The minimum atomic E-state index is -0.643. The van der Waals surface area contributed by atoms with E-state index in [1.165, 1.54) is 6.07 Å². The summed E-state index contributed by atoms with van der Waals surface area (Å²) in [4.78, 5) is 25.0. The third kappa shape index (κ3) is 4.35. The lowest BCUT2D eigenvalue weighted by Crippen LogP contribution is -2.33. The van der Waals surface area contributed by atoms with E-state index in [-0.39, 0.29) is 24.1 Å². The van der Waals surface area contributed by atoms with Crippen LogP contribution in [0.4, 0.5) is 0 Å². The first-order chi connectivity index (χ1) is 15.5. The Morgan fingerprint density at radius 3 is 2.69 bits per heavy atom. The van der Waals surface area contributed by atoms with Gasteiger partial charge in [-0.2, -0.15) is 5.26 Å². The van der Waals surface area contributed by atoms with Gasteiger partial charge in [-0.3, -0.25) is 4.79 Å². The molecule has 1 aromatic heterocycles. The number of nitriles is 1. The molecule has 0 saturated carbocycles. The second kappa shape index (κ2) is 8.98. The maximum Gasteiger partial charge on any atom is 0.338 e. The van der Waals surface area contributed by atoms with E-state index < -0.39 is 5.97 Å². The third-order valence-corrected chi connectivity index (χ3v) is 5.39. The lowest BCUT2D eigenvalue weighted by Gasteiger charge is -2.27. The van der Waals surface area contributed by atoms with E-state index in [0.29, 0.717) is 30.0 Å². The van der Waals surface area contributed by atoms with Gasteiger partial charge < -0.3 is 18.8 Å². The van der Waals surface area contributed by atoms with Crippen molar-refractivity contribution in [3.63, 3.8) is 0 Å². The normalized spacial score (nSPS) is 14.5. The van der Waals surface area contributed by atoms with Gasteiger partial charge in [-0.1, -0.05) is 18.2 Å². The molecule has 1 atom stereocenters. The fraction of sp³-hybridized carbons (Fsp3) is 0.240. The number of rotatable bonds is 6. The molecule has 1 aliphatic heterocycles. The molecule has 0 bridgehead atoms. The Morgan fingerprint density at radius 1 is 1.12 bits per heavy atom. The van der Waals surface area contributed by atoms with Crippen molar-refractivity contribution >= 4 is 11.8 Å². The Balaban J connectivity index is 1.41. The lowest BCUT2D eigenvalue weighted by atomic mass is 10.1. The van der Waals surface area contributed by atoms with Crippen molar-refractivity contribution in [3.05, 3.63) is 82.7 Å². The summed E-state index contributed by atoms with van der Waals surface area (Å²) < 4.78 is 19.0. The van der Waals surface area contributed by atoms with Crippen molar-refractivity contribution < 1.29 is 23.8 Å². The molecule has 1 aliphatic rings. The van der Waals surface area contributed by atoms with E-state index >= 15 is 0 Å². The Kier molecular flexibility index (Phi) is 5.95. The van der Waals surface area contributed by atoms with E-state index in [1.54, 1.807) is 24.3 Å². The number of fused-ring (bicyclic) bond motifs is 1. The summed E-state index contributed by atoms with van der Waals surface area (Å²) in [6, 6.07) is 17.5. The van der Waals surface area contributed by atoms with Gasteiger partial charge >= 0.3 is 5.97 Å². The van der Waals surface area contributed by atoms with Crippen LogP contribution in [0.5, 0.6) is 11.5 Å². The number of hydrogen-bond acceptors (Lipinski definition) is 6. The fourth-order valence-corrected chi connectivity index (χ4v) is 3.73. The van der Waals surface area contributed by atoms with E-state index in [4.69, 9.17) is 19.5 Å². The number of aryl methyl sites for hydroxylation is 1. The van der Waals surface area contributed by atoms with Crippen molar-refractivity contribution in [3.8, 4) is 17.6 Å². The van der Waals surface area contributed by atoms with Crippen LogP contribution < -0.4 is 9.47 Å². The summed E-state index contributed by atoms with van der Waals surface area (Å²) in [7, 11) is 0. The minimum absolute atomic E-state index is 0.192. The van der Waals surface area contributed by atoms with Gasteiger partial charge in [-0.05, 0) is 50.2 Å². The number of ether oxygens (including phenoxy) is 3. The zero-order valence-corrected chi connectivity index (χ0v) is 17.8. The summed E-state index contributed by atoms with van der Waals surface area (Å²) in [6.07, 6.45) is -0.192. The molecular weight excluding hydrogens is 408 g/mol. The number of hydrogen-bond donors (Lipinski definition) is 0. The highest BCUT2D eigenvalue weighted by Gasteiger charge is 2.24. The molecule has 0 fully saturated rings. The zero-order chi connectivity index (χ0) is 22.7. The number of esters is 1. The maximum atomic E-state index is 12.7. The van der Waals surface area contributed by atoms with Crippen molar-refractivity contribution in [1.29, 1.82) is 5.26 Å². The highest BCUT2D eigenvalue weighted by Crippen LogP contribution is 2.31. The zero-order valence-electron chi connectivity index (χ0n) is 17.8. The first kappa shape index (κ1) is 21.2. The summed E-state index contributed by atoms with van der Waals surface area (Å²) in [5.41, 5.74) is 2.76. The standard InChI is InChI=1S/C25H22N2O5/c1-16-10-21(22(28)15-31-25(29)19-7-5-6-18(11-19)12-26)17(2)27(16)13-20-14-30-23-8-3-4-9-24(23)32-20/h3-11,20H,13-15H2,1-2H3/t20-/m1/s1. The quantitative estimate of drug-likeness (QED) is 0.436. The molecule has 3 aromatic rings. The monoisotopic (exact) mass is 430 g/mol. The van der Waals surface area contributed by atoms with Gasteiger partial charge in [0.25, 0.3) is 0 Å². The first-order valence-electron chi connectivity index (χ1n) is 10.2. The number of carbonyl (C=O) groups excluding carboxylic acids is 2. The molecule has 32 heavy (non-hydrogen) atoms. The van der Waals surface area contributed by atoms with Crippen LogP contribution >= 0.6 is 0 Å². The molecule has 2 heterocycles. The van der Waals surface area contributed by atoms with E-state index in [0.717, 1.165) is 17.1 Å². The van der Waals surface area contributed by atoms with E-state index in [2.05, 4.69) is 0 Å². The number of Topliss-reactive ketones (excluding diaryl/α,β-unsaturated/α-hetero) is 1. The predicted molar refractivity (Wildman–Crippen MR) is 116 cm³/mol. The molecular formula is C25H22N2O5. The Morgan fingerprint density at radius 2 is 1.91 bits per heavy atom. The number of para-hydroxylation sites is 2. The number of benzene rings is 2. The molecule has 0 radical (unpaired) electrons. The molecule has 162 valence electrons. The van der Waals surface area contributed by atoms with Crippen LogP contribution in [0.15, 0.2) is 54.6 Å². The number of ketones is 1. The largest absolute Gasteiger partial charge is 0.486 e. The molecule has 0 saturated heterocycles. The van der Waals surface area contributed by atoms with Crippen molar-refractivity contribution in [2.24, 2.45) is 0 Å². The Bertz CT molecular complexity index is 1220. The van der Waals surface area contributed by atoms with Gasteiger partial charge in [0, 0.05) is 17.0 Å². The smallest absolute Gasteiger partial charge is 0.338 e. The van der Waals surface area contributed by atoms with Crippen molar-refractivity contribution in [1.82, 2.24) is 4.57 Å². The van der Waals surface area contributed by atoms with Crippen LogP contribution in [0.25, 0.3) is 0 Å². The van der Waals surface area contributed by atoms with Crippen LogP contribution in [0.1, 0.15) is 37.7 Å². The molecule has 7 nitrogen and oxygen atoms in total. The van der Waals surface area contributed by atoms with Gasteiger partial charge in [0.1, 0.15) is 6.61 Å². The fourth-order valence-electron chi connectivity index (χ4n) is 3.73. The van der Waals surface area contributed by atoms with Crippen molar-refractivity contribution in [2.75, 3.05) is 13.2 Å².